The molecule has 0 fully saturated rings. The van der Waals surface area contributed by atoms with Crippen LogP contribution in [0, 0.1) is 21.8 Å². The van der Waals surface area contributed by atoms with Crippen LogP contribution in [0.3, 0.4) is 0 Å². The van der Waals surface area contributed by atoms with Gasteiger partial charge in [0.15, 0.2) is 0 Å². The number of rotatable bonds is 5. The molecule has 0 saturated carbocycles. The van der Waals surface area contributed by atoms with Crippen molar-refractivity contribution in [3.63, 3.8) is 0 Å². The maximum absolute atomic E-state index is 12.3. The minimum absolute atomic E-state index is 0.273. The zero-order valence-electron chi connectivity index (χ0n) is 13.7. The second-order valence-electron chi connectivity index (χ2n) is 5.44. The van der Waals surface area contributed by atoms with Crippen LogP contribution in [0.2, 0.25) is 0 Å². The molecule has 1 N–H and O–H groups in total. The number of halogens is 1. The fourth-order valence-electron chi connectivity index (χ4n) is 2.13. The number of hydrogen-bond donors (Lipinski definition) is 1. The monoisotopic (exact) mass is 469 g/mol. The van der Waals surface area contributed by atoms with Crippen LogP contribution in [-0.4, -0.2) is 27.1 Å². The van der Waals surface area contributed by atoms with Gasteiger partial charge in [-0.25, -0.2) is 8.42 Å². The smallest absolute Gasteiger partial charge is 0.245 e. The highest BCUT2D eigenvalue weighted by Gasteiger charge is 2.21. The molecule has 0 heterocycles. The first-order valence-electron chi connectivity index (χ1n) is 7.24. The summed E-state index contributed by atoms with van der Waals surface area (Å²) in [5, 5.41) is 11.7. The first-order valence-corrected chi connectivity index (χ1v) is 10.2. The van der Waals surface area contributed by atoms with Crippen molar-refractivity contribution in [2.45, 2.75) is 6.92 Å². The molecule has 0 unspecified atom stereocenters. The summed E-state index contributed by atoms with van der Waals surface area (Å²) in [4.78, 5) is 12.3. The van der Waals surface area contributed by atoms with E-state index in [9.17, 15) is 13.2 Å². The van der Waals surface area contributed by atoms with E-state index in [-0.39, 0.29) is 12.2 Å². The Kier molecular flexibility index (Phi) is 6.02. The van der Waals surface area contributed by atoms with Crippen molar-refractivity contribution in [2.75, 3.05) is 22.4 Å². The van der Waals surface area contributed by atoms with Crippen molar-refractivity contribution >= 4 is 49.9 Å². The van der Waals surface area contributed by atoms with Crippen LogP contribution in [0.25, 0.3) is 0 Å². The van der Waals surface area contributed by atoms with Gasteiger partial charge in [0, 0.05) is 9.26 Å². The predicted molar refractivity (Wildman–Crippen MR) is 106 cm³/mol. The maximum Gasteiger partial charge on any atom is 0.245 e. The molecule has 130 valence electrons. The van der Waals surface area contributed by atoms with Gasteiger partial charge in [0.25, 0.3) is 0 Å². The maximum atomic E-state index is 12.3. The Morgan fingerprint density at radius 3 is 2.60 bits per heavy atom. The molecule has 2 aromatic rings. The highest BCUT2D eigenvalue weighted by Crippen LogP contribution is 2.20. The van der Waals surface area contributed by atoms with Crippen LogP contribution in [0.1, 0.15) is 11.1 Å². The zero-order valence-corrected chi connectivity index (χ0v) is 16.6. The number of hydrogen-bond acceptors (Lipinski definition) is 4. The Morgan fingerprint density at radius 1 is 1.28 bits per heavy atom. The summed E-state index contributed by atoms with van der Waals surface area (Å²) in [5.74, 6) is -0.465. The highest BCUT2D eigenvalue weighted by atomic mass is 127. The van der Waals surface area contributed by atoms with Crippen LogP contribution < -0.4 is 9.62 Å². The van der Waals surface area contributed by atoms with E-state index in [0.717, 1.165) is 19.7 Å². The van der Waals surface area contributed by atoms with Crippen molar-refractivity contribution in [1.29, 1.82) is 5.26 Å². The molecule has 1 amide bonds. The minimum atomic E-state index is -3.68. The van der Waals surface area contributed by atoms with Gasteiger partial charge in [0.1, 0.15) is 6.54 Å². The minimum Gasteiger partial charge on any atom is -0.324 e. The molecular formula is C17H16IN3O3S. The van der Waals surface area contributed by atoms with Gasteiger partial charge in [-0.15, -0.1) is 0 Å². The van der Waals surface area contributed by atoms with E-state index in [2.05, 4.69) is 27.9 Å². The first-order chi connectivity index (χ1) is 11.7. The molecule has 2 aromatic carbocycles. The van der Waals surface area contributed by atoms with Crippen LogP contribution in [0.5, 0.6) is 0 Å². The summed E-state index contributed by atoms with van der Waals surface area (Å²) < 4.78 is 26.1. The van der Waals surface area contributed by atoms with Gasteiger partial charge in [0.2, 0.25) is 15.9 Å². The topological polar surface area (TPSA) is 90.3 Å². The lowest BCUT2D eigenvalue weighted by molar-refractivity contribution is -0.114. The number of carbonyl (C=O) groups is 1. The van der Waals surface area contributed by atoms with Crippen molar-refractivity contribution in [3.8, 4) is 6.07 Å². The third-order valence-corrected chi connectivity index (χ3v) is 5.71. The molecule has 0 bridgehead atoms. The highest BCUT2D eigenvalue weighted by molar-refractivity contribution is 14.1. The van der Waals surface area contributed by atoms with Gasteiger partial charge in [0.05, 0.1) is 23.6 Å². The second kappa shape index (κ2) is 7.84. The van der Waals surface area contributed by atoms with Gasteiger partial charge in [-0.05, 0) is 65.4 Å². The molecule has 2 rings (SSSR count). The Labute approximate surface area is 160 Å². The molecule has 0 saturated heterocycles. The number of benzene rings is 2. The van der Waals surface area contributed by atoms with Crippen LogP contribution in [0.15, 0.2) is 42.5 Å². The van der Waals surface area contributed by atoms with Gasteiger partial charge < -0.3 is 5.32 Å². The molecular weight excluding hydrogens is 453 g/mol. The Balaban J connectivity index is 2.23. The van der Waals surface area contributed by atoms with Gasteiger partial charge in [-0.2, -0.15) is 5.26 Å². The van der Waals surface area contributed by atoms with Gasteiger partial charge in [-0.3, -0.25) is 9.10 Å². The zero-order chi connectivity index (χ0) is 18.6. The van der Waals surface area contributed by atoms with Gasteiger partial charge >= 0.3 is 0 Å². The van der Waals surface area contributed by atoms with E-state index in [1.807, 2.05) is 25.1 Å². The van der Waals surface area contributed by atoms with Crippen molar-refractivity contribution in [1.82, 2.24) is 0 Å². The van der Waals surface area contributed by atoms with Gasteiger partial charge in [-0.1, -0.05) is 12.1 Å². The lowest BCUT2D eigenvalue weighted by Crippen LogP contribution is -2.37. The Hall–Kier alpha value is -2.12. The molecule has 0 aliphatic heterocycles. The van der Waals surface area contributed by atoms with Crippen molar-refractivity contribution in [3.05, 3.63) is 57.2 Å². The third-order valence-electron chi connectivity index (χ3n) is 3.41. The normalized spacial score (nSPS) is 10.8. The van der Waals surface area contributed by atoms with E-state index in [1.165, 1.54) is 6.07 Å². The SMILES string of the molecule is Cc1ccc(NC(=O)CN(c2cccc(C#N)c2)S(C)(=O)=O)cc1I. The predicted octanol–water partition coefficient (Wildman–Crippen LogP) is 2.88. The Morgan fingerprint density at radius 2 is 2.00 bits per heavy atom. The van der Waals surface area contributed by atoms with E-state index in [4.69, 9.17) is 5.26 Å². The molecule has 0 spiro atoms. The average Bonchev–Trinajstić information content (AvgIpc) is 2.55. The van der Waals surface area contributed by atoms with E-state index < -0.39 is 15.9 Å². The van der Waals surface area contributed by atoms with E-state index in [0.29, 0.717) is 11.3 Å². The lowest BCUT2D eigenvalue weighted by atomic mass is 10.2. The number of sulfonamides is 1. The number of carbonyl (C=O) groups excluding carboxylic acids is 1. The molecule has 0 atom stereocenters. The number of amides is 1. The summed E-state index contributed by atoms with van der Waals surface area (Å²) in [5.41, 5.74) is 2.28. The number of anilines is 2. The third kappa shape index (κ3) is 5.17. The molecule has 8 heteroatoms. The van der Waals surface area contributed by atoms with E-state index >= 15 is 0 Å². The second-order valence-corrected chi connectivity index (χ2v) is 8.51. The summed E-state index contributed by atoms with van der Waals surface area (Å²) in [6, 6.07) is 13.5. The molecule has 25 heavy (non-hydrogen) atoms. The van der Waals surface area contributed by atoms with Crippen LogP contribution in [0.4, 0.5) is 11.4 Å². The lowest BCUT2D eigenvalue weighted by Gasteiger charge is -2.22. The number of nitriles is 1. The fraction of sp³-hybridized carbons (Fsp3) is 0.176. The number of nitrogens with one attached hydrogen (secondary N) is 1. The van der Waals surface area contributed by atoms with Crippen molar-refractivity contribution < 1.29 is 13.2 Å². The Bertz CT molecular complexity index is 952. The van der Waals surface area contributed by atoms with Crippen LogP contribution >= 0.6 is 22.6 Å². The summed E-state index contributed by atoms with van der Waals surface area (Å²) in [7, 11) is -3.68. The largest absolute Gasteiger partial charge is 0.324 e. The molecule has 0 aromatic heterocycles. The summed E-state index contributed by atoms with van der Waals surface area (Å²) >= 11 is 2.16. The first kappa shape index (κ1) is 19.2. The number of aryl methyl sites for hydroxylation is 1. The molecule has 0 radical (unpaired) electrons. The standard InChI is InChI=1S/C17H16IN3O3S/c1-12-6-7-14(9-16(12)18)20-17(22)11-21(25(2,23)24)15-5-3-4-13(8-15)10-19/h3-9H,11H2,1-2H3,(H,20,22). The molecule has 0 aliphatic carbocycles. The van der Waals surface area contributed by atoms with Crippen LogP contribution in [-0.2, 0) is 14.8 Å². The summed E-state index contributed by atoms with van der Waals surface area (Å²) in [6.45, 7) is 1.58. The van der Waals surface area contributed by atoms with E-state index in [1.54, 1.807) is 24.3 Å². The fourth-order valence-corrected chi connectivity index (χ4v) is 3.50. The molecule has 6 nitrogen and oxygen atoms in total. The average molecular weight is 469 g/mol. The quantitative estimate of drug-likeness (QED) is 0.683. The number of nitrogens with zero attached hydrogens (tertiary/aromatic N) is 2. The van der Waals surface area contributed by atoms with Crippen molar-refractivity contribution in [2.24, 2.45) is 0 Å². The summed E-state index contributed by atoms with van der Waals surface area (Å²) in [6.07, 6.45) is 1.02. The molecule has 0 aliphatic rings.